The summed E-state index contributed by atoms with van der Waals surface area (Å²) in [4.78, 5) is 15.5. The number of carbonyl (C=O) groups is 1. The average molecular weight is 262 g/mol. The van der Waals surface area contributed by atoms with Crippen molar-refractivity contribution in [1.29, 1.82) is 5.26 Å². The predicted molar refractivity (Wildman–Crippen MR) is 68.5 cm³/mol. The number of aromatic nitrogens is 1. The SMILES string of the molecule is CCC(Sc1nc2c(cc1C#N)CCC2)C(=O)O. The van der Waals surface area contributed by atoms with Crippen LogP contribution in [0, 0.1) is 11.3 Å². The first-order valence-electron chi connectivity index (χ1n) is 5.98. The van der Waals surface area contributed by atoms with E-state index in [0.717, 1.165) is 30.5 Å². The van der Waals surface area contributed by atoms with Crippen molar-refractivity contribution >= 4 is 17.7 Å². The zero-order valence-corrected chi connectivity index (χ0v) is 11.0. The number of carboxylic acid groups (broad SMARTS) is 1. The van der Waals surface area contributed by atoms with Crippen molar-refractivity contribution in [1.82, 2.24) is 4.98 Å². The molecule has 0 aliphatic heterocycles. The van der Waals surface area contributed by atoms with Gasteiger partial charge in [-0.25, -0.2) is 4.98 Å². The van der Waals surface area contributed by atoms with Crippen molar-refractivity contribution in [2.75, 3.05) is 0 Å². The highest BCUT2D eigenvalue weighted by Gasteiger charge is 2.22. The van der Waals surface area contributed by atoms with E-state index in [0.29, 0.717) is 17.0 Å². The first-order valence-corrected chi connectivity index (χ1v) is 6.86. The Morgan fingerprint density at radius 2 is 2.44 bits per heavy atom. The Bertz CT molecular complexity index is 522. The molecule has 4 nitrogen and oxygen atoms in total. The van der Waals surface area contributed by atoms with Crippen LogP contribution in [0.15, 0.2) is 11.1 Å². The molecule has 1 atom stereocenters. The van der Waals surface area contributed by atoms with E-state index in [1.54, 1.807) is 0 Å². The van der Waals surface area contributed by atoms with Crippen LogP contribution >= 0.6 is 11.8 Å². The summed E-state index contributed by atoms with van der Waals surface area (Å²) in [5, 5.41) is 18.2. The molecule has 1 aromatic rings. The number of aliphatic carboxylic acids is 1. The number of nitrogens with zero attached hydrogens (tertiary/aromatic N) is 2. The number of hydrogen-bond donors (Lipinski definition) is 1. The molecule has 2 rings (SSSR count). The highest BCUT2D eigenvalue weighted by atomic mass is 32.2. The minimum atomic E-state index is -0.853. The molecule has 0 saturated heterocycles. The van der Waals surface area contributed by atoms with E-state index in [2.05, 4.69) is 11.1 Å². The number of aryl methyl sites for hydroxylation is 2. The van der Waals surface area contributed by atoms with E-state index in [4.69, 9.17) is 10.4 Å². The number of pyridine rings is 1. The van der Waals surface area contributed by atoms with Crippen molar-refractivity contribution in [2.45, 2.75) is 42.9 Å². The van der Waals surface area contributed by atoms with E-state index >= 15 is 0 Å². The molecule has 1 aliphatic rings. The predicted octanol–water partition coefficient (Wildman–Crippen LogP) is 2.40. The minimum absolute atomic E-state index is 0.500. The minimum Gasteiger partial charge on any atom is -0.480 e. The first kappa shape index (κ1) is 12.9. The molecule has 1 aromatic heterocycles. The van der Waals surface area contributed by atoms with Gasteiger partial charge in [0, 0.05) is 5.69 Å². The van der Waals surface area contributed by atoms with Crippen molar-refractivity contribution in [3.8, 4) is 6.07 Å². The Labute approximate surface area is 110 Å². The van der Waals surface area contributed by atoms with Crippen LogP contribution < -0.4 is 0 Å². The Morgan fingerprint density at radius 1 is 1.67 bits per heavy atom. The number of fused-ring (bicyclic) bond motifs is 1. The molecule has 18 heavy (non-hydrogen) atoms. The third-order valence-electron chi connectivity index (χ3n) is 3.04. The Morgan fingerprint density at radius 3 is 3.06 bits per heavy atom. The van der Waals surface area contributed by atoms with Crippen molar-refractivity contribution < 1.29 is 9.90 Å². The average Bonchev–Trinajstić information content (AvgIpc) is 2.81. The van der Waals surface area contributed by atoms with Crippen LogP contribution in [-0.2, 0) is 17.6 Å². The third kappa shape index (κ3) is 2.49. The van der Waals surface area contributed by atoms with Gasteiger partial charge in [0.05, 0.1) is 5.56 Å². The highest BCUT2D eigenvalue weighted by Crippen LogP contribution is 2.31. The van der Waals surface area contributed by atoms with Gasteiger partial charge >= 0.3 is 5.97 Å². The normalized spacial score (nSPS) is 14.9. The number of hydrogen-bond acceptors (Lipinski definition) is 4. The summed E-state index contributed by atoms with van der Waals surface area (Å²) >= 11 is 1.18. The molecular formula is C13H14N2O2S. The van der Waals surface area contributed by atoms with E-state index < -0.39 is 11.2 Å². The molecular weight excluding hydrogens is 248 g/mol. The largest absolute Gasteiger partial charge is 0.480 e. The molecule has 0 radical (unpaired) electrons. The van der Waals surface area contributed by atoms with E-state index in [9.17, 15) is 4.79 Å². The molecule has 1 unspecified atom stereocenters. The van der Waals surface area contributed by atoms with Crippen molar-refractivity contribution in [3.05, 3.63) is 22.9 Å². The summed E-state index contributed by atoms with van der Waals surface area (Å²) in [7, 11) is 0. The molecule has 0 spiro atoms. The lowest BCUT2D eigenvalue weighted by Crippen LogP contribution is -2.15. The maximum Gasteiger partial charge on any atom is 0.317 e. The topological polar surface area (TPSA) is 74.0 Å². The fourth-order valence-electron chi connectivity index (χ4n) is 2.07. The van der Waals surface area contributed by atoms with Crippen LogP contribution in [0.4, 0.5) is 0 Å². The van der Waals surface area contributed by atoms with Crippen LogP contribution in [-0.4, -0.2) is 21.3 Å². The first-order chi connectivity index (χ1) is 8.65. The zero-order valence-electron chi connectivity index (χ0n) is 10.1. The van der Waals surface area contributed by atoms with Gasteiger partial charge in [-0.05, 0) is 37.3 Å². The molecule has 0 amide bonds. The van der Waals surface area contributed by atoms with Gasteiger partial charge in [-0.1, -0.05) is 18.7 Å². The second-order valence-electron chi connectivity index (χ2n) is 4.27. The summed E-state index contributed by atoms with van der Waals surface area (Å²) in [6.07, 6.45) is 3.48. The second-order valence-corrected chi connectivity index (χ2v) is 5.46. The fraction of sp³-hybridized carbons (Fsp3) is 0.462. The van der Waals surface area contributed by atoms with Crippen LogP contribution in [0.2, 0.25) is 0 Å². The lowest BCUT2D eigenvalue weighted by atomic mass is 10.2. The van der Waals surface area contributed by atoms with Crippen LogP contribution in [0.1, 0.15) is 36.6 Å². The van der Waals surface area contributed by atoms with Gasteiger partial charge in [-0.2, -0.15) is 5.26 Å². The molecule has 0 bridgehead atoms. The van der Waals surface area contributed by atoms with Crippen molar-refractivity contribution in [3.63, 3.8) is 0 Å². The van der Waals surface area contributed by atoms with Crippen LogP contribution in [0.5, 0.6) is 0 Å². The van der Waals surface area contributed by atoms with Gasteiger partial charge in [-0.3, -0.25) is 4.79 Å². The quantitative estimate of drug-likeness (QED) is 0.843. The molecule has 0 fully saturated rings. The summed E-state index contributed by atoms with van der Waals surface area (Å²) in [6.45, 7) is 1.82. The number of nitriles is 1. The third-order valence-corrected chi connectivity index (χ3v) is 4.39. The molecule has 94 valence electrons. The van der Waals surface area contributed by atoms with Gasteiger partial charge in [0.1, 0.15) is 16.3 Å². The Balaban J connectivity index is 2.32. The zero-order chi connectivity index (χ0) is 13.1. The Hall–Kier alpha value is -1.54. The van der Waals surface area contributed by atoms with Gasteiger partial charge in [0.15, 0.2) is 0 Å². The van der Waals surface area contributed by atoms with E-state index in [1.807, 2.05) is 13.0 Å². The van der Waals surface area contributed by atoms with E-state index in [1.165, 1.54) is 11.8 Å². The van der Waals surface area contributed by atoms with Gasteiger partial charge in [-0.15, -0.1) is 0 Å². The summed E-state index contributed by atoms with van der Waals surface area (Å²) in [5.41, 5.74) is 2.66. The van der Waals surface area contributed by atoms with Gasteiger partial charge in [0.2, 0.25) is 0 Å². The Kier molecular flexibility index (Phi) is 3.87. The molecule has 0 saturated carbocycles. The fourth-order valence-corrected chi connectivity index (χ4v) is 3.00. The number of carboxylic acids is 1. The maximum absolute atomic E-state index is 11.0. The van der Waals surface area contributed by atoms with Crippen LogP contribution in [0.25, 0.3) is 0 Å². The van der Waals surface area contributed by atoms with E-state index in [-0.39, 0.29) is 0 Å². The molecule has 5 heteroatoms. The molecule has 1 heterocycles. The number of rotatable bonds is 4. The summed E-state index contributed by atoms with van der Waals surface area (Å²) in [5.74, 6) is -0.853. The standard InChI is InChI=1S/C13H14N2O2S/c1-2-11(13(16)17)18-12-9(7-14)6-8-4-3-5-10(8)15-12/h6,11H,2-5H2,1H3,(H,16,17). The summed E-state index contributed by atoms with van der Waals surface area (Å²) < 4.78 is 0. The smallest absolute Gasteiger partial charge is 0.317 e. The maximum atomic E-state index is 11.0. The molecule has 1 N–H and O–H groups in total. The van der Waals surface area contributed by atoms with Gasteiger partial charge in [0.25, 0.3) is 0 Å². The summed E-state index contributed by atoms with van der Waals surface area (Å²) in [6, 6.07) is 3.98. The number of thioether (sulfide) groups is 1. The highest BCUT2D eigenvalue weighted by molar-refractivity contribution is 8.00. The lowest BCUT2D eigenvalue weighted by molar-refractivity contribution is -0.136. The van der Waals surface area contributed by atoms with Crippen molar-refractivity contribution in [2.24, 2.45) is 0 Å². The lowest BCUT2D eigenvalue weighted by Gasteiger charge is -2.11. The molecule has 0 aromatic carbocycles. The monoisotopic (exact) mass is 262 g/mol. The molecule has 1 aliphatic carbocycles. The second kappa shape index (κ2) is 5.40. The van der Waals surface area contributed by atoms with Crippen LogP contribution in [0.3, 0.4) is 0 Å². The van der Waals surface area contributed by atoms with Gasteiger partial charge < -0.3 is 5.11 Å².